The van der Waals surface area contributed by atoms with Gasteiger partial charge in [0.15, 0.2) is 0 Å². The molecule has 0 radical (unpaired) electrons. The number of hydrogen-bond acceptors (Lipinski definition) is 2. The molecule has 0 bridgehead atoms. The number of aliphatic hydroxyl groups is 2. The first-order valence-corrected chi connectivity index (χ1v) is 4.75. The maximum Gasteiger partial charge on any atom is 0.0900 e. The topological polar surface area (TPSA) is 40.5 Å². The lowest BCUT2D eigenvalue weighted by Crippen LogP contribution is -2.39. The predicted octanol–water partition coefficient (Wildman–Crippen LogP) is 1.80. The van der Waals surface area contributed by atoms with E-state index in [9.17, 15) is 5.11 Å². The highest BCUT2D eigenvalue weighted by Crippen LogP contribution is 2.24. The van der Waals surface area contributed by atoms with Gasteiger partial charge in [0.1, 0.15) is 0 Å². The van der Waals surface area contributed by atoms with E-state index in [-0.39, 0.29) is 12.5 Å². The van der Waals surface area contributed by atoms with E-state index in [0.717, 1.165) is 6.42 Å². The van der Waals surface area contributed by atoms with Gasteiger partial charge in [-0.1, -0.05) is 27.7 Å². The van der Waals surface area contributed by atoms with E-state index in [0.29, 0.717) is 12.3 Å². The van der Waals surface area contributed by atoms with Crippen molar-refractivity contribution in [2.45, 2.75) is 46.1 Å². The molecule has 0 saturated heterocycles. The van der Waals surface area contributed by atoms with Gasteiger partial charge in [0.2, 0.25) is 0 Å². The summed E-state index contributed by atoms with van der Waals surface area (Å²) in [6.45, 7) is 8.00. The first kappa shape index (κ1) is 11.9. The van der Waals surface area contributed by atoms with E-state index >= 15 is 0 Å². The van der Waals surface area contributed by atoms with Crippen molar-refractivity contribution in [1.82, 2.24) is 0 Å². The van der Waals surface area contributed by atoms with Gasteiger partial charge in [-0.3, -0.25) is 0 Å². The van der Waals surface area contributed by atoms with Crippen molar-refractivity contribution in [1.29, 1.82) is 0 Å². The Kier molecular flexibility index (Phi) is 4.80. The molecule has 0 rings (SSSR count). The summed E-state index contributed by atoms with van der Waals surface area (Å²) in [7, 11) is 0. The molecule has 2 nitrogen and oxygen atoms in total. The van der Waals surface area contributed by atoms with Crippen molar-refractivity contribution in [3.05, 3.63) is 0 Å². The smallest absolute Gasteiger partial charge is 0.0900 e. The zero-order chi connectivity index (χ0) is 9.78. The highest BCUT2D eigenvalue weighted by molar-refractivity contribution is 4.81. The SMILES string of the molecule is CC(C)CCC(O)(CO)C(C)C. The summed E-state index contributed by atoms with van der Waals surface area (Å²) in [6, 6.07) is 0. The fourth-order valence-electron chi connectivity index (χ4n) is 1.09. The van der Waals surface area contributed by atoms with Gasteiger partial charge in [-0.15, -0.1) is 0 Å². The molecule has 0 aromatic heterocycles. The Morgan fingerprint density at radius 1 is 1.17 bits per heavy atom. The van der Waals surface area contributed by atoms with E-state index in [1.807, 2.05) is 13.8 Å². The molecule has 1 unspecified atom stereocenters. The second-order valence-corrected chi connectivity index (χ2v) is 4.35. The van der Waals surface area contributed by atoms with Crippen LogP contribution in [0.1, 0.15) is 40.5 Å². The van der Waals surface area contributed by atoms with E-state index < -0.39 is 5.60 Å². The Labute approximate surface area is 75.6 Å². The quantitative estimate of drug-likeness (QED) is 0.667. The van der Waals surface area contributed by atoms with Crippen LogP contribution in [0.2, 0.25) is 0 Å². The molecule has 0 spiro atoms. The highest BCUT2D eigenvalue weighted by atomic mass is 16.3. The lowest BCUT2D eigenvalue weighted by atomic mass is 9.85. The minimum absolute atomic E-state index is 0.126. The predicted molar refractivity (Wildman–Crippen MR) is 50.9 cm³/mol. The van der Waals surface area contributed by atoms with Crippen molar-refractivity contribution in [2.75, 3.05) is 6.61 Å². The molecule has 0 aromatic carbocycles. The van der Waals surface area contributed by atoms with Crippen LogP contribution in [0.25, 0.3) is 0 Å². The highest BCUT2D eigenvalue weighted by Gasteiger charge is 2.29. The molecule has 0 heterocycles. The molecule has 1 atom stereocenters. The van der Waals surface area contributed by atoms with Crippen LogP contribution < -0.4 is 0 Å². The molecular weight excluding hydrogens is 152 g/mol. The van der Waals surface area contributed by atoms with Gasteiger partial charge in [0.25, 0.3) is 0 Å². The fraction of sp³-hybridized carbons (Fsp3) is 1.00. The molecule has 0 aromatic rings. The molecule has 12 heavy (non-hydrogen) atoms. The third kappa shape index (κ3) is 3.55. The minimum atomic E-state index is -0.871. The average molecular weight is 174 g/mol. The van der Waals surface area contributed by atoms with Gasteiger partial charge >= 0.3 is 0 Å². The van der Waals surface area contributed by atoms with Crippen molar-refractivity contribution >= 4 is 0 Å². The van der Waals surface area contributed by atoms with Crippen LogP contribution in [0.4, 0.5) is 0 Å². The molecule has 0 fully saturated rings. The van der Waals surface area contributed by atoms with Crippen LogP contribution in [0, 0.1) is 11.8 Å². The van der Waals surface area contributed by atoms with Crippen LogP contribution in [0.3, 0.4) is 0 Å². The Morgan fingerprint density at radius 2 is 1.67 bits per heavy atom. The third-order valence-corrected chi connectivity index (χ3v) is 2.50. The van der Waals surface area contributed by atoms with Gasteiger partial charge in [0, 0.05) is 0 Å². The summed E-state index contributed by atoms with van der Waals surface area (Å²) < 4.78 is 0. The minimum Gasteiger partial charge on any atom is -0.393 e. The van der Waals surface area contributed by atoms with Crippen LogP contribution in [-0.4, -0.2) is 22.4 Å². The molecule has 0 saturated carbocycles. The average Bonchev–Trinajstić information content (AvgIpc) is 1.99. The van der Waals surface area contributed by atoms with E-state index in [1.54, 1.807) is 0 Å². The normalized spacial score (nSPS) is 17.0. The molecule has 74 valence electrons. The van der Waals surface area contributed by atoms with E-state index in [4.69, 9.17) is 5.11 Å². The summed E-state index contributed by atoms with van der Waals surface area (Å²) in [6.07, 6.45) is 1.66. The van der Waals surface area contributed by atoms with Crippen LogP contribution >= 0.6 is 0 Å². The fourth-order valence-corrected chi connectivity index (χ4v) is 1.09. The summed E-state index contributed by atoms with van der Waals surface area (Å²) in [5, 5.41) is 18.9. The first-order valence-electron chi connectivity index (χ1n) is 4.75. The lowest BCUT2D eigenvalue weighted by molar-refractivity contribution is -0.0604. The Balaban J connectivity index is 3.97. The summed E-state index contributed by atoms with van der Waals surface area (Å²) in [5.74, 6) is 0.711. The van der Waals surface area contributed by atoms with Crippen molar-refractivity contribution in [3.8, 4) is 0 Å². The standard InChI is InChI=1S/C10H22O2/c1-8(2)5-6-10(12,7-11)9(3)4/h8-9,11-12H,5-7H2,1-4H3. The van der Waals surface area contributed by atoms with Gasteiger partial charge in [-0.2, -0.15) is 0 Å². The maximum absolute atomic E-state index is 9.90. The summed E-state index contributed by atoms with van der Waals surface area (Å²) in [5.41, 5.74) is -0.871. The Hall–Kier alpha value is -0.0800. The molecule has 0 aliphatic carbocycles. The van der Waals surface area contributed by atoms with E-state index in [2.05, 4.69) is 13.8 Å². The monoisotopic (exact) mass is 174 g/mol. The van der Waals surface area contributed by atoms with Crippen molar-refractivity contribution in [2.24, 2.45) is 11.8 Å². The third-order valence-electron chi connectivity index (χ3n) is 2.50. The second-order valence-electron chi connectivity index (χ2n) is 4.35. The second kappa shape index (κ2) is 4.83. The van der Waals surface area contributed by atoms with Crippen LogP contribution in [-0.2, 0) is 0 Å². The van der Waals surface area contributed by atoms with Gasteiger partial charge < -0.3 is 10.2 Å². The van der Waals surface area contributed by atoms with E-state index in [1.165, 1.54) is 0 Å². The van der Waals surface area contributed by atoms with Gasteiger partial charge in [-0.25, -0.2) is 0 Å². The zero-order valence-corrected chi connectivity index (χ0v) is 8.67. The zero-order valence-electron chi connectivity index (χ0n) is 8.67. The molecule has 0 aliphatic heterocycles. The molecule has 0 aliphatic rings. The lowest BCUT2D eigenvalue weighted by Gasteiger charge is -2.30. The number of rotatable bonds is 5. The summed E-state index contributed by atoms with van der Waals surface area (Å²) >= 11 is 0. The molecule has 2 N–H and O–H groups in total. The van der Waals surface area contributed by atoms with Gasteiger partial charge in [0.05, 0.1) is 12.2 Å². The Bertz CT molecular complexity index is 121. The number of aliphatic hydroxyl groups excluding tert-OH is 1. The molecule has 2 heteroatoms. The maximum atomic E-state index is 9.90. The molecule has 0 amide bonds. The van der Waals surface area contributed by atoms with Crippen LogP contribution in [0.5, 0.6) is 0 Å². The number of hydrogen-bond donors (Lipinski definition) is 2. The van der Waals surface area contributed by atoms with Crippen molar-refractivity contribution < 1.29 is 10.2 Å². The first-order chi connectivity index (χ1) is 5.42. The largest absolute Gasteiger partial charge is 0.393 e. The van der Waals surface area contributed by atoms with Gasteiger partial charge in [-0.05, 0) is 24.7 Å². The van der Waals surface area contributed by atoms with Crippen LogP contribution in [0.15, 0.2) is 0 Å². The Morgan fingerprint density at radius 3 is 1.92 bits per heavy atom. The molecular formula is C10H22O2. The summed E-state index contributed by atoms with van der Waals surface area (Å²) in [4.78, 5) is 0. The van der Waals surface area contributed by atoms with Crippen molar-refractivity contribution in [3.63, 3.8) is 0 Å².